The van der Waals surface area contributed by atoms with Gasteiger partial charge in [-0.05, 0) is 88.4 Å². The Labute approximate surface area is 202 Å². The van der Waals surface area contributed by atoms with Crippen LogP contribution in [-0.4, -0.2) is 59.5 Å². The monoisotopic (exact) mass is 470 g/mol. The van der Waals surface area contributed by atoms with Crippen LogP contribution in [0.4, 0.5) is 0 Å². The van der Waals surface area contributed by atoms with Crippen LogP contribution in [-0.2, 0) is 20.7 Å². The van der Waals surface area contributed by atoms with Gasteiger partial charge in [0.2, 0.25) is 5.91 Å². The molecule has 0 spiro atoms. The van der Waals surface area contributed by atoms with E-state index in [9.17, 15) is 9.59 Å². The number of fused-ring (bicyclic) bond motifs is 1. The van der Waals surface area contributed by atoms with Crippen LogP contribution >= 0.6 is 11.3 Å². The molecule has 4 rings (SSSR count). The summed E-state index contributed by atoms with van der Waals surface area (Å²) in [6.45, 7) is 9.64. The van der Waals surface area contributed by atoms with Crippen LogP contribution in [0.3, 0.4) is 0 Å². The Morgan fingerprint density at radius 1 is 1.06 bits per heavy atom. The second-order valence-corrected chi connectivity index (χ2v) is 11.5. The zero-order valence-electron chi connectivity index (χ0n) is 20.3. The van der Waals surface area contributed by atoms with Crippen LogP contribution in [0.5, 0.6) is 0 Å². The van der Waals surface area contributed by atoms with E-state index in [1.54, 1.807) is 11.3 Å². The minimum absolute atomic E-state index is 0.0856. The van der Waals surface area contributed by atoms with Crippen molar-refractivity contribution >= 4 is 33.3 Å². The molecule has 2 aliphatic heterocycles. The van der Waals surface area contributed by atoms with Crippen LogP contribution in [0.15, 0.2) is 29.6 Å². The molecular weight excluding hydrogens is 432 g/mol. The highest BCUT2D eigenvalue weighted by atomic mass is 32.1. The molecule has 0 N–H and O–H groups in total. The van der Waals surface area contributed by atoms with Crippen molar-refractivity contribution in [3.05, 3.63) is 35.2 Å². The molecule has 1 atom stereocenters. The van der Waals surface area contributed by atoms with E-state index in [2.05, 4.69) is 22.4 Å². The Balaban J connectivity index is 1.41. The quantitative estimate of drug-likeness (QED) is 0.540. The fourth-order valence-electron chi connectivity index (χ4n) is 5.18. The molecule has 2 aromatic rings. The van der Waals surface area contributed by atoms with Gasteiger partial charge in [-0.3, -0.25) is 9.59 Å². The fraction of sp³-hybridized carbons (Fsp3) is 0.630. The number of ether oxygens (including phenoxy) is 1. The average Bonchev–Trinajstić information content (AvgIpc) is 3.21. The summed E-state index contributed by atoms with van der Waals surface area (Å²) in [4.78, 5) is 31.0. The average molecular weight is 471 g/mol. The zero-order chi connectivity index (χ0) is 23.4. The number of carbonyl (C=O) groups excluding carboxylic acids is 2. The summed E-state index contributed by atoms with van der Waals surface area (Å²) in [6.07, 6.45) is 6.78. The van der Waals surface area contributed by atoms with Gasteiger partial charge in [0, 0.05) is 30.3 Å². The Hall–Kier alpha value is -1.92. The number of esters is 1. The number of amides is 1. The highest BCUT2D eigenvalue weighted by Crippen LogP contribution is 2.30. The third kappa shape index (κ3) is 6.36. The summed E-state index contributed by atoms with van der Waals surface area (Å²) in [7, 11) is 0. The van der Waals surface area contributed by atoms with Crippen molar-refractivity contribution in [3.63, 3.8) is 0 Å². The number of hydrogen-bond acceptors (Lipinski definition) is 5. The van der Waals surface area contributed by atoms with E-state index >= 15 is 0 Å². The van der Waals surface area contributed by atoms with E-state index in [4.69, 9.17) is 4.74 Å². The Morgan fingerprint density at radius 2 is 1.76 bits per heavy atom. The second-order valence-electron chi connectivity index (χ2n) is 10.6. The number of thiophene rings is 1. The molecular formula is C27H38N2O3S. The highest BCUT2D eigenvalue weighted by molar-refractivity contribution is 7.17. The van der Waals surface area contributed by atoms with Crippen LogP contribution in [0.1, 0.15) is 64.9 Å². The van der Waals surface area contributed by atoms with E-state index < -0.39 is 11.5 Å². The number of carbonyl (C=O) groups is 2. The molecule has 1 amide bonds. The minimum atomic E-state index is -0.568. The van der Waals surface area contributed by atoms with E-state index in [1.165, 1.54) is 42.4 Å². The third-order valence-corrected chi connectivity index (χ3v) is 7.93. The van der Waals surface area contributed by atoms with Gasteiger partial charge in [0.1, 0.15) is 5.60 Å². The summed E-state index contributed by atoms with van der Waals surface area (Å²) in [6, 6.07) is 8.86. The number of benzene rings is 1. The molecule has 6 heteroatoms. The molecule has 2 saturated heterocycles. The van der Waals surface area contributed by atoms with Gasteiger partial charge in [0.25, 0.3) is 0 Å². The normalized spacial score (nSPS) is 19.5. The molecule has 0 aliphatic carbocycles. The predicted octanol–water partition coefficient (Wildman–Crippen LogP) is 5.27. The molecule has 0 radical (unpaired) electrons. The molecule has 0 bridgehead atoms. The lowest BCUT2D eigenvalue weighted by molar-refractivity contribution is -0.162. The molecule has 180 valence electrons. The van der Waals surface area contributed by atoms with Crippen molar-refractivity contribution in [1.82, 2.24) is 9.80 Å². The Kier molecular flexibility index (Phi) is 7.75. The molecule has 0 saturated carbocycles. The largest absolute Gasteiger partial charge is 0.460 e. The van der Waals surface area contributed by atoms with Gasteiger partial charge in [-0.15, -0.1) is 11.3 Å². The SMILES string of the molecule is CC(C)(C)OC(=O)[C@H](CC(=O)N1CCC(N2CCCCC2)CC1)Cc1csc2ccccc12. The van der Waals surface area contributed by atoms with Crippen molar-refractivity contribution in [2.45, 2.75) is 77.4 Å². The first-order chi connectivity index (χ1) is 15.8. The van der Waals surface area contributed by atoms with Crippen LogP contribution in [0, 0.1) is 5.92 Å². The van der Waals surface area contributed by atoms with Gasteiger partial charge >= 0.3 is 5.97 Å². The van der Waals surface area contributed by atoms with E-state index in [0.717, 1.165) is 31.5 Å². The van der Waals surface area contributed by atoms with Crippen molar-refractivity contribution in [2.75, 3.05) is 26.2 Å². The van der Waals surface area contributed by atoms with E-state index in [0.29, 0.717) is 12.5 Å². The summed E-state index contributed by atoms with van der Waals surface area (Å²) < 4.78 is 6.94. The number of nitrogens with zero attached hydrogens (tertiary/aromatic N) is 2. The minimum Gasteiger partial charge on any atom is -0.460 e. The lowest BCUT2D eigenvalue weighted by Gasteiger charge is -2.40. The van der Waals surface area contributed by atoms with Gasteiger partial charge in [-0.25, -0.2) is 0 Å². The summed E-state index contributed by atoms with van der Waals surface area (Å²) in [5.41, 5.74) is 0.560. The number of rotatable bonds is 6. The van der Waals surface area contributed by atoms with Crippen molar-refractivity contribution < 1.29 is 14.3 Å². The zero-order valence-corrected chi connectivity index (χ0v) is 21.2. The second kappa shape index (κ2) is 10.6. The molecule has 0 unspecified atom stereocenters. The summed E-state index contributed by atoms with van der Waals surface area (Å²) >= 11 is 1.69. The van der Waals surface area contributed by atoms with Gasteiger partial charge in [0.15, 0.2) is 0 Å². The van der Waals surface area contributed by atoms with Gasteiger partial charge in [0.05, 0.1) is 5.92 Å². The standard InChI is InChI=1S/C27H38N2O3S/c1-27(2,3)32-26(31)20(17-21-19-33-24-10-6-5-9-23(21)24)18-25(30)29-15-11-22(12-16-29)28-13-7-4-8-14-28/h5-6,9-10,19-20,22H,4,7-8,11-18H2,1-3H3/t20-/m0/s1. The number of hydrogen-bond donors (Lipinski definition) is 0. The molecule has 3 heterocycles. The van der Waals surface area contributed by atoms with Crippen LogP contribution in [0.25, 0.3) is 10.1 Å². The van der Waals surface area contributed by atoms with Gasteiger partial charge in [-0.1, -0.05) is 24.6 Å². The Morgan fingerprint density at radius 3 is 2.45 bits per heavy atom. The van der Waals surface area contributed by atoms with E-state index in [1.807, 2.05) is 37.8 Å². The maximum atomic E-state index is 13.3. The lowest BCUT2D eigenvalue weighted by atomic mass is 9.94. The predicted molar refractivity (Wildman–Crippen MR) is 135 cm³/mol. The smallest absolute Gasteiger partial charge is 0.310 e. The topological polar surface area (TPSA) is 49.9 Å². The highest BCUT2D eigenvalue weighted by Gasteiger charge is 2.32. The molecule has 5 nitrogen and oxygen atoms in total. The molecule has 1 aromatic carbocycles. The van der Waals surface area contributed by atoms with Crippen LogP contribution < -0.4 is 0 Å². The first-order valence-corrected chi connectivity index (χ1v) is 13.4. The third-order valence-electron chi connectivity index (χ3n) is 6.91. The first-order valence-electron chi connectivity index (χ1n) is 12.5. The number of likely N-dealkylation sites (tertiary alicyclic amines) is 2. The van der Waals surface area contributed by atoms with E-state index in [-0.39, 0.29) is 18.3 Å². The lowest BCUT2D eigenvalue weighted by Crippen LogP contribution is -2.48. The molecule has 33 heavy (non-hydrogen) atoms. The fourth-order valence-corrected chi connectivity index (χ4v) is 6.16. The molecule has 2 fully saturated rings. The molecule has 2 aliphatic rings. The maximum absolute atomic E-state index is 13.3. The maximum Gasteiger partial charge on any atom is 0.310 e. The summed E-state index contributed by atoms with van der Waals surface area (Å²) in [5, 5.41) is 3.29. The van der Waals surface area contributed by atoms with Gasteiger partial charge in [-0.2, -0.15) is 0 Å². The van der Waals surface area contributed by atoms with Crippen LogP contribution in [0.2, 0.25) is 0 Å². The number of piperidine rings is 2. The van der Waals surface area contributed by atoms with Gasteiger partial charge < -0.3 is 14.5 Å². The molecule has 1 aromatic heterocycles. The first kappa shape index (κ1) is 24.2. The van der Waals surface area contributed by atoms with Crippen molar-refractivity contribution in [1.29, 1.82) is 0 Å². The van der Waals surface area contributed by atoms with Crippen molar-refractivity contribution in [3.8, 4) is 0 Å². The summed E-state index contributed by atoms with van der Waals surface area (Å²) in [5.74, 6) is -0.647. The Bertz CT molecular complexity index is 950. The van der Waals surface area contributed by atoms with Crippen molar-refractivity contribution in [2.24, 2.45) is 5.92 Å².